The van der Waals surface area contributed by atoms with Crippen LogP contribution in [0, 0.1) is 0 Å². The third-order valence-electron chi connectivity index (χ3n) is 2.89. The molecule has 0 saturated heterocycles. The van der Waals surface area contributed by atoms with Crippen molar-refractivity contribution in [1.29, 1.82) is 0 Å². The van der Waals surface area contributed by atoms with E-state index in [0.717, 1.165) is 25.7 Å². The summed E-state index contributed by atoms with van der Waals surface area (Å²) in [6, 6.07) is 8.30. The Balaban J connectivity index is 2.77. The van der Waals surface area contributed by atoms with Gasteiger partial charge in [0.25, 0.3) is 0 Å². The lowest BCUT2D eigenvalue weighted by atomic mass is 10.1. The van der Waals surface area contributed by atoms with Crippen LogP contribution < -0.4 is 0 Å². The summed E-state index contributed by atoms with van der Waals surface area (Å²) in [5.41, 5.74) is 0. The van der Waals surface area contributed by atoms with Crippen molar-refractivity contribution in [3.05, 3.63) is 30.3 Å². The average molecular weight is 255 g/mol. The quantitative estimate of drug-likeness (QED) is 0.694. The maximum absolute atomic E-state index is 12.3. The van der Waals surface area contributed by atoms with Gasteiger partial charge >= 0.3 is 0 Å². The molecule has 0 radical (unpaired) electrons. The van der Waals surface area contributed by atoms with Crippen LogP contribution in [0.2, 0.25) is 0 Å². The van der Waals surface area contributed by atoms with Gasteiger partial charge in [0.2, 0.25) is 0 Å². The summed E-state index contributed by atoms with van der Waals surface area (Å²) >= 11 is 0. The Morgan fingerprint density at radius 1 is 1.18 bits per heavy atom. The van der Waals surface area contributed by atoms with Gasteiger partial charge in [0.1, 0.15) is 0 Å². The van der Waals surface area contributed by atoms with Gasteiger partial charge in [-0.1, -0.05) is 50.8 Å². The molecule has 0 aromatic heterocycles. The molecular formula is C14H22O2S. The predicted octanol–water partition coefficient (Wildman–Crippen LogP) is 3.82. The Labute approximate surface area is 106 Å². The van der Waals surface area contributed by atoms with E-state index in [1.807, 2.05) is 0 Å². The molecule has 1 aromatic carbocycles. The topological polar surface area (TPSA) is 34.1 Å². The Kier molecular flexibility index (Phi) is 5.05. The van der Waals surface area contributed by atoms with E-state index >= 15 is 0 Å². The number of hydrogen-bond acceptors (Lipinski definition) is 2. The second kappa shape index (κ2) is 6.80. The van der Waals surface area contributed by atoms with Gasteiger partial charge in [-0.2, -0.15) is 0 Å². The van der Waals surface area contributed by atoms with Gasteiger partial charge in [-0.3, -0.25) is 0 Å². The van der Waals surface area contributed by atoms with E-state index in [2.05, 4.69) is 6.92 Å². The van der Waals surface area contributed by atoms with Crippen LogP contribution in [-0.4, -0.2) is 13.6 Å². The van der Waals surface area contributed by atoms with Gasteiger partial charge in [-0.05, 0) is 25.5 Å². The zero-order valence-corrected chi connectivity index (χ0v) is 11.5. The molecule has 0 bridgehead atoms. The van der Waals surface area contributed by atoms with Gasteiger partial charge in [-0.15, -0.1) is 0 Å². The molecule has 0 aliphatic rings. The van der Waals surface area contributed by atoms with E-state index in [0.29, 0.717) is 6.42 Å². The van der Waals surface area contributed by atoms with Crippen molar-refractivity contribution < 1.29 is 9.79 Å². The summed E-state index contributed by atoms with van der Waals surface area (Å²) in [4.78, 5) is 0.248. The largest absolute Gasteiger partial charge is 0.223 e. The summed E-state index contributed by atoms with van der Waals surface area (Å²) in [7, 11) is -3.56. The second-order valence-corrected chi connectivity index (χ2v) is 6.50. The van der Waals surface area contributed by atoms with Gasteiger partial charge in [0.15, 0.2) is 9.84 Å². The first-order valence-corrected chi connectivity index (χ1v) is 7.70. The highest BCUT2D eigenvalue weighted by Crippen LogP contribution is 2.19. The van der Waals surface area contributed by atoms with Gasteiger partial charge in [0.05, 0.1) is 10.1 Å². The minimum Gasteiger partial charge on any atom is -0.223 e. The Morgan fingerprint density at radius 2 is 1.82 bits per heavy atom. The smallest absolute Gasteiger partial charge is 0.180 e. The molecule has 0 aliphatic carbocycles. The summed E-state index contributed by atoms with van der Waals surface area (Å²) in [6.45, 7) is 3.61. The van der Waals surface area contributed by atoms with Crippen LogP contribution in [0.25, 0.3) is 0 Å². The molecule has 1 atom stereocenters. The van der Waals surface area contributed by atoms with Gasteiger partial charge < -0.3 is 0 Å². The highest BCUT2D eigenvalue weighted by Gasteiger charge is 2.22. The predicted molar refractivity (Wildman–Crippen MR) is 71.8 cm³/mol. The first-order valence-electron chi connectivity index (χ1n) is 6.71. The lowest BCUT2D eigenvalue weighted by Crippen LogP contribution is -2.17. The normalized spacial score (nSPS) is 16.2. The molecule has 0 saturated carbocycles. The fourth-order valence-corrected chi connectivity index (χ4v) is 3.07. The van der Waals surface area contributed by atoms with E-state index in [1.54, 1.807) is 30.3 Å². The van der Waals surface area contributed by atoms with Crippen molar-refractivity contribution in [2.24, 2.45) is 0 Å². The van der Waals surface area contributed by atoms with Crippen LogP contribution in [0.1, 0.15) is 47.3 Å². The summed E-state index contributed by atoms with van der Waals surface area (Å²) in [5, 5.41) is -1.43. The van der Waals surface area contributed by atoms with Crippen LogP contribution in [0.3, 0.4) is 0 Å². The molecule has 1 aromatic rings. The van der Waals surface area contributed by atoms with E-state index in [-0.39, 0.29) is 4.90 Å². The highest BCUT2D eigenvalue weighted by molar-refractivity contribution is 7.92. The fourth-order valence-electron chi connectivity index (χ4n) is 1.74. The molecule has 0 N–H and O–H groups in total. The summed E-state index contributed by atoms with van der Waals surface area (Å²) in [6.07, 6.45) is 4.39. The van der Waals surface area contributed by atoms with Gasteiger partial charge in [0, 0.05) is 1.37 Å². The second-order valence-electron chi connectivity index (χ2n) is 4.33. The molecule has 0 fully saturated rings. The third-order valence-corrected chi connectivity index (χ3v) is 4.91. The highest BCUT2D eigenvalue weighted by atomic mass is 32.2. The standard InChI is InChI=1S/C14H22O2S/c1-3-4-5-7-10-13(2)17(15,16)14-11-8-6-9-12-14/h6,8-9,11-13H,3-5,7,10H2,1-2H3/t13-/m1/s1/i13D. The number of benzene rings is 1. The van der Waals surface area contributed by atoms with Crippen LogP contribution >= 0.6 is 0 Å². The Hall–Kier alpha value is -0.830. The third kappa shape index (κ3) is 4.15. The Bertz CT molecular complexity index is 452. The number of rotatable bonds is 7. The molecule has 96 valence electrons. The minimum absolute atomic E-state index is 0.248. The van der Waals surface area contributed by atoms with E-state index in [9.17, 15) is 8.42 Å². The molecule has 0 heterocycles. The first-order chi connectivity index (χ1) is 8.42. The molecule has 17 heavy (non-hydrogen) atoms. The number of hydrogen-bond donors (Lipinski definition) is 0. The maximum atomic E-state index is 12.3. The molecular weight excluding hydrogens is 232 g/mol. The first kappa shape index (κ1) is 12.6. The van der Waals surface area contributed by atoms with Crippen LogP contribution in [0.4, 0.5) is 0 Å². The zero-order valence-electron chi connectivity index (χ0n) is 11.6. The minimum atomic E-state index is -3.56. The SMILES string of the molecule is [2H][C@@](C)(CCCCCC)S(=O)(=O)c1ccccc1. The fraction of sp³-hybridized carbons (Fsp3) is 0.571. The van der Waals surface area contributed by atoms with E-state index in [4.69, 9.17) is 1.37 Å². The average Bonchev–Trinajstić information content (AvgIpc) is 2.35. The lowest BCUT2D eigenvalue weighted by molar-refractivity contribution is 0.563. The Morgan fingerprint density at radius 3 is 2.41 bits per heavy atom. The molecule has 1 rings (SSSR count). The van der Waals surface area contributed by atoms with E-state index < -0.39 is 15.1 Å². The molecule has 0 spiro atoms. The number of unbranched alkanes of at least 4 members (excludes halogenated alkanes) is 3. The molecule has 0 aliphatic heterocycles. The van der Waals surface area contributed by atoms with Crippen molar-refractivity contribution in [2.45, 2.75) is 56.1 Å². The summed E-state index contributed by atoms with van der Waals surface area (Å²) in [5.74, 6) is 0. The van der Waals surface area contributed by atoms with Crippen LogP contribution in [0.5, 0.6) is 0 Å². The van der Waals surface area contributed by atoms with Crippen molar-refractivity contribution in [3.63, 3.8) is 0 Å². The number of sulfone groups is 1. The molecule has 2 nitrogen and oxygen atoms in total. The molecule has 0 amide bonds. The molecule has 3 heteroatoms. The van der Waals surface area contributed by atoms with Crippen LogP contribution in [-0.2, 0) is 9.84 Å². The maximum Gasteiger partial charge on any atom is 0.180 e. The van der Waals surface area contributed by atoms with Crippen molar-refractivity contribution >= 4 is 9.84 Å². The van der Waals surface area contributed by atoms with E-state index in [1.165, 1.54) is 6.92 Å². The van der Waals surface area contributed by atoms with Gasteiger partial charge in [-0.25, -0.2) is 8.42 Å². The van der Waals surface area contributed by atoms with Crippen molar-refractivity contribution in [1.82, 2.24) is 0 Å². The summed E-state index contributed by atoms with van der Waals surface area (Å²) < 4.78 is 32.8. The van der Waals surface area contributed by atoms with Crippen LogP contribution in [0.15, 0.2) is 35.2 Å². The van der Waals surface area contributed by atoms with Crippen molar-refractivity contribution in [3.8, 4) is 0 Å². The molecule has 0 unspecified atom stereocenters. The lowest BCUT2D eigenvalue weighted by Gasteiger charge is -2.12. The monoisotopic (exact) mass is 255 g/mol. The zero-order chi connectivity index (χ0) is 13.6. The van der Waals surface area contributed by atoms with Crippen molar-refractivity contribution in [2.75, 3.05) is 0 Å².